The number of hydrogen-bond donors (Lipinski definition) is 1. The first-order valence-corrected chi connectivity index (χ1v) is 12.1. The van der Waals surface area contributed by atoms with Gasteiger partial charge in [-0.1, -0.05) is 37.6 Å². The van der Waals surface area contributed by atoms with Gasteiger partial charge in [-0.2, -0.15) is 0 Å². The molecule has 0 bridgehead atoms. The molecule has 6 nitrogen and oxygen atoms in total. The number of benzene rings is 1. The highest BCUT2D eigenvalue weighted by atomic mass is 35.5. The van der Waals surface area contributed by atoms with E-state index in [-0.39, 0.29) is 17.9 Å². The van der Waals surface area contributed by atoms with E-state index >= 15 is 0 Å². The average Bonchev–Trinajstić information content (AvgIpc) is 3.43. The molecule has 0 aliphatic carbocycles. The first kappa shape index (κ1) is 24.0. The van der Waals surface area contributed by atoms with Crippen LogP contribution in [-0.2, 0) is 13.1 Å². The SMILES string of the molecule is CCCN(Cc1cccn1Cc1nc(C(=O)NC(C)CC)cs1)C(=O)c1ccccc1Cl. The van der Waals surface area contributed by atoms with Crippen molar-refractivity contribution >= 4 is 34.8 Å². The van der Waals surface area contributed by atoms with Crippen LogP contribution < -0.4 is 5.32 Å². The summed E-state index contributed by atoms with van der Waals surface area (Å²) in [6.07, 6.45) is 3.69. The molecule has 3 rings (SSSR count). The third kappa shape index (κ3) is 5.99. The van der Waals surface area contributed by atoms with E-state index in [0.717, 1.165) is 23.5 Å². The van der Waals surface area contributed by atoms with Gasteiger partial charge in [0.25, 0.3) is 11.8 Å². The first-order valence-electron chi connectivity index (χ1n) is 10.9. The molecule has 2 amide bonds. The molecule has 0 radical (unpaired) electrons. The average molecular weight is 473 g/mol. The van der Waals surface area contributed by atoms with Crippen LogP contribution in [0.2, 0.25) is 5.02 Å². The molecule has 2 heterocycles. The number of amides is 2. The van der Waals surface area contributed by atoms with Crippen molar-refractivity contribution in [2.45, 2.75) is 52.7 Å². The molecule has 0 saturated heterocycles. The van der Waals surface area contributed by atoms with Gasteiger partial charge in [0.05, 0.1) is 23.7 Å². The number of carbonyl (C=O) groups excluding carboxylic acids is 2. The third-order valence-electron chi connectivity index (χ3n) is 5.24. The lowest BCUT2D eigenvalue weighted by Gasteiger charge is -2.23. The van der Waals surface area contributed by atoms with Crippen LogP contribution in [-0.4, -0.2) is 38.9 Å². The second kappa shape index (κ2) is 11.3. The Morgan fingerprint density at radius 3 is 2.72 bits per heavy atom. The Hall–Kier alpha value is -2.64. The van der Waals surface area contributed by atoms with Gasteiger partial charge in [0, 0.05) is 29.9 Å². The van der Waals surface area contributed by atoms with Gasteiger partial charge in [-0.3, -0.25) is 9.59 Å². The van der Waals surface area contributed by atoms with Crippen molar-refractivity contribution in [3.63, 3.8) is 0 Å². The largest absolute Gasteiger partial charge is 0.348 e. The molecule has 1 aromatic carbocycles. The molecular formula is C24H29ClN4O2S. The molecule has 0 fully saturated rings. The smallest absolute Gasteiger partial charge is 0.270 e. The molecule has 0 spiro atoms. The van der Waals surface area contributed by atoms with E-state index in [1.807, 2.05) is 56.1 Å². The van der Waals surface area contributed by atoms with Crippen molar-refractivity contribution in [2.75, 3.05) is 6.54 Å². The highest BCUT2D eigenvalue weighted by Crippen LogP contribution is 2.20. The van der Waals surface area contributed by atoms with E-state index in [9.17, 15) is 9.59 Å². The fourth-order valence-electron chi connectivity index (χ4n) is 3.30. The quantitative estimate of drug-likeness (QED) is 0.439. The maximum Gasteiger partial charge on any atom is 0.270 e. The minimum Gasteiger partial charge on any atom is -0.348 e. The minimum atomic E-state index is -0.144. The Balaban J connectivity index is 1.73. The summed E-state index contributed by atoms with van der Waals surface area (Å²) in [5, 5.41) is 6.04. The van der Waals surface area contributed by atoms with Crippen LogP contribution in [0.1, 0.15) is 65.2 Å². The molecule has 32 heavy (non-hydrogen) atoms. The number of hydrogen-bond acceptors (Lipinski definition) is 4. The maximum atomic E-state index is 13.1. The van der Waals surface area contributed by atoms with E-state index in [1.54, 1.807) is 17.5 Å². The Kier molecular flexibility index (Phi) is 8.47. The van der Waals surface area contributed by atoms with E-state index < -0.39 is 0 Å². The molecule has 8 heteroatoms. The van der Waals surface area contributed by atoms with Gasteiger partial charge in [-0.25, -0.2) is 4.98 Å². The summed E-state index contributed by atoms with van der Waals surface area (Å²) in [7, 11) is 0. The molecule has 1 unspecified atom stereocenters. The molecule has 2 aromatic heterocycles. The van der Waals surface area contributed by atoms with Crippen LogP contribution in [0.15, 0.2) is 48.0 Å². The summed E-state index contributed by atoms with van der Waals surface area (Å²) in [5.41, 5.74) is 1.96. The second-order valence-electron chi connectivity index (χ2n) is 7.74. The molecule has 170 valence electrons. The fraction of sp³-hybridized carbons (Fsp3) is 0.375. The van der Waals surface area contributed by atoms with Crippen molar-refractivity contribution in [3.8, 4) is 0 Å². The van der Waals surface area contributed by atoms with Gasteiger partial charge in [0.2, 0.25) is 0 Å². The summed E-state index contributed by atoms with van der Waals surface area (Å²) < 4.78 is 2.07. The molecule has 1 N–H and O–H groups in total. The van der Waals surface area contributed by atoms with Crippen LogP contribution in [0.4, 0.5) is 0 Å². The van der Waals surface area contributed by atoms with Crippen LogP contribution in [0.25, 0.3) is 0 Å². The van der Waals surface area contributed by atoms with Crippen molar-refractivity contribution < 1.29 is 9.59 Å². The van der Waals surface area contributed by atoms with Gasteiger partial charge in [-0.05, 0) is 44.0 Å². The topological polar surface area (TPSA) is 67.2 Å². The van der Waals surface area contributed by atoms with Gasteiger partial charge >= 0.3 is 0 Å². The predicted octanol–water partition coefficient (Wildman–Crippen LogP) is 5.23. The van der Waals surface area contributed by atoms with E-state index in [2.05, 4.69) is 14.9 Å². The highest BCUT2D eigenvalue weighted by Gasteiger charge is 2.20. The number of nitrogens with zero attached hydrogens (tertiary/aromatic N) is 3. The number of aromatic nitrogens is 2. The lowest BCUT2D eigenvalue weighted by molar-refractivity contribution is 0.0739. The monoisotopic (exact) mass is 472 g/mol. The number of thiazole rings is 1. The predicted molar refractivity (Wildman–Crippen MR) is 129 cm³/mol. The van der Waals surface area contributed by atoms with Gasteiger partial charge in [-0.15, -0.1) is 11.3 Å². The molecule has 3 aromatic rings. The first-order chi connectivity index (χ1) is 15.4. The van der Waals surface area contributed by atoms with Crippen LogP contribution in [0, 0.1) is 0 Å². The summed E-state index contributed by atoms with van der Waals surface area (Å²) in [6, 6.07) is 11.2. The van der Waals surface area contributed by atoms with Crippen molar-refractivity contribution in [2.24, 2.45) is 0 Å². The van der Waals surface area contributed by atoms with Gasteiger partial charge in [0.1, 0.15) is 10.7 Å². The lowest BCUT2D eigenvalue weighted by Crippen LogP contribution is -2.32. The summed E-state index contributed by atoms with van der Waals surface area (Å²) in [4.78, 5) is 31.8. The van der Waals surface area contributed by atoms with Crippen LogP contribution in [0.5, 0.6) is 0 Å². The standard InChI is InChI=1S/C24H29ClN4O2S/c1-4-12-29(24(31)19-10-6-7-11-20(19)25)14-18-9-8-13-28(18)15-22-27-21(16-32-22)23(30)26-17(3)5-2/h6-11,13,16-17H,4-5,12,14-15H2,1-3H3,(H,26,30). The minimum absolute atomic E-state index is 0.0801. The van der Waals surface area contributed by atoms with Crippen LogP contribution in [0.3, 0.4) is 0 Å². The summed E-state index contributed by atoms with van der Waals surface area (Å²) in [6.45, 7) is 7.70. The van der Waals surface area contributed by atoms with E-state index in [4.69, 9.17) is 11.6 Å². The fourth-order valence-corrected chi connectivity index (χ4v) is 4.29. The zero-order valence-corrected chi connectivity index (χ0v) is 20.2. The molecular weight excluding hydrogens is 444 g/mol. The summed E-state index contributed by atoms with van der Waals surface area (Å²) >= 11 is 7.72. The number of halogens is 1. The van der Waals surface area contributed by atoms with E-state index in [0.29, 0.717) is 35.9 Å². The molecule has 0 aliphatic rings. The Morgan fingerprint density at radius 2 is 2.00 bits per heavy atom. The van der Waals surface area contributed by atoms with Crippen molar-refractivity contribution in [1.82, 2.24) is 19.8 Å². The number of rotatable bonds is 10. The van der Waals surface area contributed by atoms with Crippen molar-refractivity contribution in [1.29, 1.82) is 0 Å². The third-order valence-corrected chi connectivity index (χ3v) is 6.40. The lowest BCUT2D eigenvalue weighted by atomic mass is 10.2. The molecule has 1 atom stereocenters. The Morgan fingerprint density at radius 1 is 1.22 bits per heavy atom. The summed E-state index contributed by atoms with van der Waals surface area (Å²) in [5.74, 6) is -0.225. The molecule has 0 saturated carbocycles. The molecule has 0 aliphatic heterocycles. The second-order valence-corrected chi connectivity index (χ2v) is 9.09. The van der Waals surface area contributed by atoms with Gasteiger partial charge < -0.3 is 14.8 Å². The number of carbonyl (C=O) groups is 2. The maximum absolute atomic E-state index is 13.1. The normalized spacial score (nSPS) is 11.9. The van der Waals surface area contributed by atoms with Crippen LogP contribution >= 0.6 is 22.9 Å². The van der Waals surface area contributed by atoms with E-state index in [1.165, 1.54) is 11.3 Å². The Labute approximate surface area is 198 Å². The number of nitrogens with one attached hydrogen (secondary N) is 1. The zero-order chi connectivity index (χ0) is 23.1. The highest BCUT2D eigenvalue weighted by molar-refractivity contribution is 7.09. The Bertz CT molecular complexity index is 1060. The van der Waals surface area contributed by atoms with Crippen molar-refractivity contribution in [3.05, 3.63) is 75.0 Å². The zero-order valence-electron chi connectivity index (χ0n) is 18.7. The van der Waals surface area contributed by atoms with Gasteiger partial charge in [0.15, 0.2) is 0 Å².